The third kappa shape index (κ3) is 2.47. The highest BCUT2D eigenvalue weighted by Gasteiger charge is 2.33. The number of carboxylic acids is 1. The van der Waals surface area contributed by atoms with E-state index in [-0.39, 0.29) is 18.4 Å². The molecule has 0 aliphatic carbocycles. The van der Waals surface area contributed by atoms with Crippen LogP contribution in [0.5, 0.6) is 0 Å². The van der Waals surface area contributed by atoms with Gasteiger partial charge in [0, 0.05) is 18.8 Å². The van der Waals surface area contributed by atoms with Crippen LogP contribution in [0.4, 0.5) is 0 Å². The largest absolute Gasteiger partial charge is 0.481 e. The van der Waals surface area contributed by atoms with E-state index in [1.165, 1.54) is 0 Å². The number of carbonyl (C=O) groups excluding carboxylic acids is 1. The molecule has 1 unspecified atom stereocenters. The van der Waals surface area contributed by atoms with Gasteiger partial charge in [-0.3, -0.25) is 14.7 Å². The highest BCUT2D eigenvalue weighted by Crippen LogP contribution is 2.24. The molecule has 1 aliphatic rings. The van der Waals surface area contributed by atoms with Crippen LogP contribution in [0.25, 0.3) is 0 Å². The van der Waals surface area contributed by atoms with Gasteiger partial charge in [0.05, 0.1) is 17.2 Å². The third-order valence-electron chi connectivity index (χ3n) is 3.56. The fourth-order valence-corrected chi connectivity index (χ4v) is 2.44. The standard InChI is InChI=1S/C13H19N3O3/c1-7(2)11-10(8(3)14-15-11)12(17)16-5-4-9(6-16)13(18)19/h7,9H,4-6H2,1-3H3,(H,14,15)(H,18,19). The minimum Gasteiger partial charge on any atom is -0.481 e. The Labute approximate surface area is 111 Å². The summed E-state index contributed by atoms with van der Waals surface area (Å²) in [6, 6.07) is 0. The smallest absolute Gasteiger partial charge is 0.308 e. The zero-order valence-corrected chi connectivity index (χ0v) is 11.4. The van der Waals surface area contributed by atoms with Gasteiger partial charge in [0.1, 0.15) is 0 Å². The van der Waals surface area contributed by atoms with Crippen LogP contribution in [-0.2, 0) is 4.79 Å². The van der Waals surface area contributed by atoms with E-state index in [1.54, 1.807) is 4.90 Å². The number of H-pyrrole nitrogens is 1. The molecule has 104 valence electrons. The van der Waals surface area contributed by atoms with Gasteiger partial charge >= 0.3 is 5.97 Å². The van der Waals surface area contributed by atoms with Crippen molar-refractivity contribution in [1.82, 2.24) is 15.1 Å². The number of likely N-dealkylation sites (tertiary alicyclic amines) is 1. The summed E-state index contributed by atoms with van der Waals surface area (Å²) < 4.78 is 0. The van der Waals surface area contributed by atoms with Crippen molar-refractivity contribution in [1.29, 1.82) is 0 Å². The van der Waals surface area contributed by atoms with Crippen LogP contribution in [0.3, 0.4) is 0 Å². The number of carboxylic acid groups (broad SMARTS) is 1. The number of hydrogen-bond donors (Lipinski definition) is 2. The van der Waals surface area contributed by atoms with Gasteiger partial charge in [0.2, 0.25) is 0 Å². The predicted molar refractivity (Wildman–Crippen MR) is 69.1 cm³/mol. The van der Waals surface area contributed by atoms with Gasteiger partial charge in [-0.1, -0.05) is 13.8 Å². The number of rotatable bonds is 3. The van der Waals surface area contributed by atoms with E-state index in [4.69, 9.17) is 5.11 Å². The molecule has 1 atom stereocenters. The first-order chi connectivity index (χ1) is 8.91. The summed E-state index contributed by atoms with van der Waals surface area (Å²) >= 11 is 0. The summed E-state index contributed by atoms with van der Waals surface area (Å²) in [5.41, 5.74) is 2.09. The number of amides is 1. The molecule has 1 amide bonds. The van der Waals surface area contributed by atoms with Crippen LogP contribution >= 0.6 is 0 Å². The van der Waals surface area contributed by atoms with E-state index in [1.807, 2.05) is 20.8 Å². The Morgan fingerprint density at radius 1 is 1.47 bits per heavy atom. The van der Waals surface area contributed by atoms with Gasteiger partial charge in [-0.2, -0.15) is 5.10 Å². The molecule has 1 fully saturated rings. The molecule has 0 saturated carbocycles. The Hall–Kier alpha value is -1.85. The van der Waals surface area contributed by atoms with E-state index in [0.717, 1.165) is 11.4 Å². The summed E-state index contributed by atoms with van der Waals surface area (Å²) in [5, 5.41) is 16.0. The van der Waals surface area contributed by atoms with Crippen molar-refractivity contribution >= 4 is 11.9 Å². The average Bonchev–Trinajstić information content (AvgIpc) is 2.94. The second-order valence-electron chi connectivity index (χ2n) is 5.34. The van der Waals surface area contributed by atoms with E-state index in [9.17, 15) is 9.59 Å². The van der Waals surface area contributed by atoms with Crippen LogP contribution in [0.2, 0.25) is 0 Å². The molecule has 6 heteroatoms. The van der Waals surface area contributed by atoms with E-state index < -0.39 is 11.9 Å². The molecule has 2 N–H and O–H groups in total. The fraction of sp³-hybridized carbons (Fsp3) is 0.615. The molecular formula is C13H19N3O3. The summed E-state index contributed by atoms with van der Waals surface area (Å²) in [6.07, 6.45) is 0.523. The van der Waals surface area contributed by atoms with Crippen LogP contribution in [-0.4, -0.2) is 45.2 Å². The molecule has 2 heterocycles. The lowest BCUT2D eigenvalue weighted by Crippen LogP contribution is -2.31. The Kier molecular flexibility index (Phi) is 3.59. The minimum atomic E-state index is -0.830. The summed E-state index contributed by atoms with van der Waals surface area (Å²) in [5.74, 6) is -1.23. The fourth-order valence-electron chi connectivity index (χ4n) is 2.44. The van der Waals surface area contributed by atoms with Crippen LogP contribution < -0.4 is 0 Å². The monoisotopic (exact) mass is 265 g/mol. The highest BCUT2D eigenvalue weighted by molar-refractivity contribution is 5.97. The highest BCUT2D eigenvalue weighted by atomic mass is 16.4. The number of carbonyl (C=O) groups is 2. The molecule has 0 bridgehead atoms. The molecule has 0 spiro atoms. The second-order valence-corrected chi connectivity index (χ2v) is 5.34. The third-order valence-corrected chi connectivity index (χ3v) is 3.56. The van der Waals surface area contributed by atoms with Crippen molar-refractivity contribution in [2.24, 2.45) is 5.92 Å². The van der Waals surface area contributed by atoms with E-state index >= 15 is 0 Å². The number of nitrogens with one attached hydrogen (secondary N) is 1. The first kappa shape index (κ1) is 13.6. The van der Waals surface area contributed by atoms with Gasteiger partial charge in [0.25, 0.3) is 5.91 Å². The lowest BCUT2D eigenvalue weighted by atomic mass is 10.0. The minimum absolute atomic E-state index is 0.112. The maximum Gasteiger partial charge on any atom is 0.308 e. The van der Waals surface area contributed by atoms with Gasteiger partial charge < -0.3 is 10.0 Å². The summed E-state index contributed by atoms with van der Waals surface area (Å²) in [7, 11) is 0. The van der Waals surface area contributed by atoms with Crippen molar-refractivity contribution in [3.05, 3.63) is 17.0 Å². The Bertz CT molecular complexity index is 507. The van der Waals surface area contributed by atoms with E-state index in [2.05, 4.69) is 10.2 Å². The normalized spacial score (nSPS) is 19.2. The molecule has 0 aromatic carbocycles. The molecule has 1 saturated heterocycles. The number of aliphatic carboxylic acids is 1. The molecule has 1 aliphatic heterocycles. The molecular weight excluding hydrogens is 246 g/mol. The average molecular weight is 265 g/mol. The molecule has 2 rings (SSSR count). The van der Waals surface area contributed by atoms with E-state index in [0.29, 0.717) is 18.5 Å². The van der Waals surface area contributed by atoms with Crippen LogP contribution in [0.15, 0.2) is 0 Å². The first-order valence-electron chi connectivity index (χ1n) is 6.48. The predicted octanol–water partition coefficient (Wildman–Crippen LogP) is 1.39. The van der Waals surface area contributed by atoms with Crippen molar-refractivity contribution < 1.29 is 14.7 Å². The summed E-state index contributed by atoms with van der Waals surface area (Å²) in [4.78, 5) is 25.1. The van der Waals surface area contributed by atoms with Gasteiger partial charge in [-0.15, -0.1) is 0 Å². The number of aryl methyl sites for hydroxylation is 1. The first-order valence-corrected chi connectivity index (χ1v) is 6.48. The lowest BCUT2D eigenvalue weighted by molar-refractivity contribution is -0.141. The number of hydrogen-bond acceptors (Lipinski definition) is 3. The van der Waals surface area contributed by atoms with Gasteiger partial charge in [-0.05, 0) is 19.3 Å². The zero-order chi connectivity index (χ0) is 14.2. The van der Waals surface area contributed by atoms with Gasteiger partial charge in [-0.25, -0.2) is 0 Å². The van der Waals surface area contributed by atoms with Gasteiger partial charge in [0.15, 0.2) is 0 Å². The molecule has 19 heavy (non-hydrogen) atoms. The maximum atomic E-state index is 12.5. The molecule has 0 radical (unpaired) electrons. The number of nitrogens with zero attached hydrogens (tertiary/aromatic N) is 2. The second kappa shape index (κ2) is 5.03. The molecule has 1 aromatic rings. The Morgan fingerprint density at radius 3 is 2.68 bits per heavy atom. The van der Waals surface area contributed by atoms with Crippen LogP contribution in [0.1, 0.15) is 47.9 Å². The number of aromatic nitrogens is 2. The zero-order valence-electron chi connectivity index (χ0n) is 11.4. The number of aromatic amines is 1. The summed E-state index contributed by atoms with van der Waals surface area (Å²) in [6.45, 7) is 6.57. The molecule has 6 nitrogen and oxygen atoms in total. The molecule has 1 aromatic heterocycles. The van der Waals surface area contributed by atoms with Crippen molar-refractivity contribution in [2.45, 2.75) is 33.1 Å². The maximum absolute atomic E-state index is 12.5. The van der Waals surface area contributed by atoms with Crippen molar-refractivity contribution in [2.75, 3.05) is 13.1 Å². The Balaban J connectivity index is 2.21. The lowest BCUT2D eigenvalue weighted by Gasteiger charge is -2.17. The SMILES string of the molecule is Cc1[nH]nc(C(C)C)c1C(=O)N1CCC(C(=O)O)C1. The van der Waals surface area contributed by atoms with Crippen molar-refractivity contribution in [3.8, 4) is 0 Å². The van der Waals surface area contributed by atoms with Crippen LogP contribution in [0, 0.1) is 12.8 Å². The quantitative estimate of drug-likeness (QED) is 0.864. The Morgan fingerprint density at radius 2 is 2.16 bits per heavy atom. The topological polar surface area (TPSA) is 86.3 Å². The van der Waals surface area contributed by atoms with Crippen molar-refractivity contribution in [3.63, 3.8) is 0 Å².